The summed E-state index contributed by atoms with van der Waals surface area (Å²) in [6, 6.07) is 3.92. The average molecular weight is 221 g/mol. The van der Waals surface area contributed by atoms with Gasteiger partial charge < -0.3 is 10.5 Å². The van der Waals surface area contributed by atoms with Crippen LogP contribution < -0.4 is 10.5 Å². The standard InChI is InChI=1S/C8H7ClF2N2O/c9-5-3-4(7(12)13)1-2-6(5)14-8(10)11/h1-3,8H,(H3,12,13). The quantitative estimate of drug-likeness (QED) is 0.606. The number of halogens is 3. The summed E-state index contributed by atoms with van der Waals surface area (Å²) in [5, 5.41) is 7.07. The van der Waals surface area contributed by atoms with Crippen LogP contribution in [0.15, 0.2) is 18.2 Å². The van der Waals surface area contributed by atoms with E-state index in [1.165, 1.54) is 18.2 Å². The van der Waals surface area contributed by atoms with Gasteiger partial charge in [-0.25, -0.2) is 0 Å². The molecule has 0 amide bonds. The average Bonchev–Trinajstić information content (AvgIpc) is 2.07. The maximum atomic E-state index is 11.8. The van der Waals surface area contributed by atoms with Gasteiger partial charge in [0.25, 0.3) is 0 Å². The molecule has 1 rings (SSSR count). The highest BCUT2D eigenvalue weighted by atomic mass is 35.5. The Bertz CT molecular complexity index is 357. The molecule has 0 aliphatic heterocycles. The van der Waals surface area contributed by atoms with E-state index < -0.39 is 6.61 Å². The largest absolute Gasteiger partial charge is 0.433 e. The van der Waals surface area contributed by atoms with Crippen molar-refractivity contribution in [1.82, 2.24) is 0 Å². The summed E-state index contributed by atoms with van der Waals surface area (Å²) >= 11 is 5.61. The van der Waals surface area contributed by atoms with Crippen molar-refractivity contribution in [2.75, 3.05) is 0 Å². The minimum atomic E-state index is -2.92. The van der Waals surface area contributed by atoms with Gasteiger partial charge in [-0.05, 0) is 18.2 Å². The van der Waals surface area contributed by atoms with Crippen molar-refractivity contribution >= 4 is 17.4 Å². The van der Waals surface area contributed by atoms with E-state index in [2.05, 4.69) is 4.74 Å². The highest BCUT2D eigenvalue weighted by Crippen LogP contribution is 2.26. The fourth-order valence-corrected chi connectivity index (χ4v) is 1.09. The molecule has 0 saturated carbocycles. The number of amidine groups is 1. The lowest BCUT2D eigenvalue weighted by Gasteiger charge is -2.07. The SMILES string of the molecule is N=C(N)c1ccc(OC(F)F)c(Cl)c1. The Morgan fingerprint density at radius 1 is 1.50 bits per heavy atom. The van der Waals surface area contributed by atoms with Crippen LogP contribution in [-0.4, -0.2) is 12.4 Å². The topological polar surface area (TPSA) is 59.1 Å². The summed E-state index contributed by atoms with van der Waals surface area (Å²) < 4.78 is 27.7. The van der Waals surface area contributed by atoms with Gasteiger partial charge in [0.15, 0.2) is 0 Å². The number of rotatable bonds is 3. The van der Waals surface area contributed by atoms with E-state index in [1.54, 1.807) is 0 Å². The van der Waals surface area contributed by atoms with Gasteiger partial charge in [0, 0.05) is 5.56 Å². The lowest BCUT2D eigenvalue weighted by Crippen LogP contribution is -2.11. The highest BCUT2D eigenvalue weighted by Gasteiger charge is 2.09. The zero-order chi connectivity index (χ0) is 10.7. The third-order valence-electron chi connectivity index (χ3n) is 1.46. The molecule has 0 unspecified atom stereocenters. The molecule has 0 aromatic heterocycles. The number of hydrogen-bond donors (Lipinski definition) is 2. The van der Waals surface area contributed by atoms with Crippen LogP contribution in [0.5, 0.6) is 5.75 Å². The van der Waals surface area contributed by atoms with E-state index in [4.69, 9.17) is 22.7 Å². The number of nitrogens with one attached hydrogen (secondary N) is 1. The molecular formula is C8H7ClF2N2O. The van der Waals surface area contributed by atoms with Crippen LogP contribution in [0.1, 0.15) is 5.56 Å². The number of benzene rings is 1. The lowest BCUT2D eigenvalue weighted by molar-refractivity contribution is -0.0497. The van der Waals surface area contributed by atoms with Gasteiger partial charge in [-0.1, -0.05) is 11.6 Å². The molecule has 3 nitrogen and oxygen atoms in total. The summed E-state index contributed by atoms with van der Waals surface area (Å²) in [7, 11) is 0. The van der Waals surface area contributed by atoms with E-state index in [-0.39, 0.29) is 16.6 Å². The second-order valence-corrected chi connectivity index (χ2v) is 2.84. The van der Waals surface area contributed by atoms with Crippen molar-refractivity contribution in [2.45, 2.75) is 6.61 Å². The predicted octanol–water partition coefficient (Wildman–Crippen LogP) is 2.23. The van der Waals surface area contributed by atoms with E-state index in [1.807, 2.05) is 0 Å². The maximum Gasteiger partial charge on any atom is 0.387 e. The first-order chi connectivity index (χ1) is 6.50. The first-order valence-corrected chi connectivity index (χ1v) is 3.97. The Labute approximate surface area is 83.9 Å². The van der Waals surface area contributed by atoms with Gasteiger partial charge in [-0.15, -0.1) is 0 Å². The second-order valence-electron chi connectivity index (χ2n) is 2.44. The van der Waals surface area contributed by atoms with E-state index in [9.17, 15) is 8.78 Å². The molecule has 1 aromatic rings. The van der Waals surface area contributed by atoms with Crippen molar-refractivity contribution in [3.8, 4) is 5.75 Å². The fraction of sp³-hybridized carbons (Fsp3) is 0.125. The molecule has 0 fully saturated rings. The smallest absolute Gasteiger partial charge is 0.387 e. The molecule has 0 atom stereocenters. The third kappa shape index (κ3) is 2.56. The van der Waals surface area contributed by atoms with Gasteiger partial charge in [0.05, 0.1) is 5.02 Å². The second kappa shape index (κ2) is 4.23. The van der Waals surface area contributed by atoms with Gasteiger partial charge in [-0.3, -0.25) is 5.41 Å². The molecule has 1 aromatic carbocycles. The molecule has 0 spiro atoms. The normalized spacial score (nSPS) is 10.3. The van der Waals surface area contributed by atoms with E-state index >= 15 is 0 Å². The molecule has 76 valence electrons. The first-order valence-electron chi connectivity index (χ1n) is 3.59. The van der Waals surface area contributed by atoms with Crippen LogP contribution in [0.25, 0.3) is 0 Å². The van der Waals surface area contributed by atoms with Gasteiger partial charge in [0.1, 0.15) is 11.6 Å². The van der Waals surface area contributed by atoms with Crippen LogP contribution in [0.4, 0.5) is 8.78 Å². The van der Waals surface area contributed by atoms with Crippen LogP contribution in [0, 0.1) is 5.41 Å². The Morgan fingerprint density at radius 3 is 2.57 bits per heavy atom. The summed E-state index contributed by atoms with van der Waals surface area (Å²) in [6.45, 7) is -2.92. The summed E-state index contributed by atoms with van der Waals surface area (Å²) in [4.78, 5) is 0. The predicted molar refractivity (Wildman–Crippen MR) is 49.1 cm³/mol. The molecule has 0 saturated heterocycles. The Balaban J connectivity index is 2.95. The van der Waals surface area contributed by atoms with Crippen molar-refractivity contribution in [3.63, 3.8) is 0 Å². The number of nitrogens with two attached hydrogens (primary N) is 1. The minimum Gasteiger partial charge on any atom is -0.433 e. The molecule has 0 bridgehead atoms. The molecule has 0 aliphatic rings. The Morgan fingerprint density at radius 2 is 2.14 bits per heavy atom. The zero-order valence-electron chi connectivity index (χ0n) is 6.93. The molecule has 0 radical (unpaired) electrons. The van der Waals surface area contributed by atoms with Gasteiger partial charge >= 0.3 is 6.61 Å². The maximum absolute atomic E-state index is 11.8. The molecule has 0 heterocycles. The summed E-state index contributed by atoms with van der Waals surface area (Å²) in [6.07, 6.45) is 0. The molecular weight excluding hydrogens is 214 g/mol. The molecule has 0 aliphatic carbocycles. The van der Waals surface area contributed by atoms with Crippen molar-refractivity contribution in [3.05, 3.63) is 28.8 Å². The number of hydrogen-bond acceptors (Lipinski definition) is 2. The van der Waals surface area contributed by atoms with Crippen LogP contribution in [0.2, 0.25) is 5.02 Å². The summed E-state index contributed by atoms with van der Waals surface area (Å²) in [5.41, 5.74) is 5.53. The van der Waals surface area contributed by atoms with Crippen LogP contribution in [-0.2, 0) is 0 Å². The summed E-state index contributed by atoms with van der Waals surface area (Å²) in [5.74, 6) is -0.317. The van der Waals surface area contributed by atoms with Gasteiger partial charge in [-0.2, -0.15) is 8.78 Å². The van der Waals surface area contributed by atoms with E-state index in [0.717, 1.165) is 0 Å². The fourth-order valence-electron chi connectivity index (χ4n) is 0.860. The van der Waals surface area contributed by atoms with E-state index in [0.29, 0.717) is 5.56 Å². The number of alkyl halides is 2. The van der Waals surface area contributed by atoms with Crippen LogP contribution >= 0.6 is 11.6 Å². The lowest BCUT2D eigenvalue weighted by atomic mass is 10.2. The Kier molecular flexibility index (Phi) is 3.24. The number of nitrogen functional groups attached to an aromatic ring is 1. The molecule has 3 N–H and O–H groups in total. The van der Waals surface area contributed by atoms with Crippen molar-refractivity contribution in [1.29, 1.82) is 5.41 Å². The monoisotopic (exact) mass is 220 g/mol. The van der Waals surface area contributed by atoms with Crippen LogP contribution in [0.3, 0.4) is 0 Å². The van der Waals surface area contributed by atoms with Gasteiger partial charge in [0.2, 0.25) is 0 Å². The highest BCUT2D eigenvalue weighted by molar-refractivity contribution is 6.32. The van der Waals surface area contributed by atoms with Crippen molar-refractivity contribution < 1.29 is 13.5 Å². The minimum absolute atomic E-state index is 0.00185. The number of ether oxygens (including phenoxy) is 1. The third-order valence-corrected chi connectivity index (χ3v) is 1.75. The zero-order valence-corrected chi connectivity index (χ0v) is 7.68. The Hall–Kier alpha value is -1.36. The molecule has 6 heteroatoms. The van der Waals surface area contributed by atoms with Crippen molar-refractivity contribution in [2.24, 2.45) is 5.73 Å². The first kappa shape index (κ1) is 10.7. The molecule has 14 heavy (non-hydrogen) atoms.